The molecule has 0 radical (unpaired) electrons. The van der Waals surface area contributed by atoms with Crippen molar-refractivity contribution in [1.29, 1.82) is 0 Å². The summed E-state index contributed by atoms with van der Waals surface area (Å²) >= 11 is 14.3. The van der Waals surface area contributed by atoms with Gasteiger partial charge in [-0.1, -0.05) is 64.9 Å². The summed E-state index contributed by atoms with van der Waals surface area (Å²) in [6.07, 6.45) is 1.92. The summed E-state index contributed by atoms with van der Waals surface area (Å²) in [5.41, 5.74) is 1.20. The van der Waals surface area contributed by atoms with Gasteiger partial charge in [0.05, 0.1) is 10.1 Å². The second-order valence-electron chi connectivity index (χ2n) is 5.06. The molecule has 4 heteroatoms. The van der Waals surface area contributed by atoms with Crippen molar-refractivity contribution >= 4 is 54.2 Å². The number of hydrogen-bond acceptors (Lipinski definition) is 1. The highest BCUT2D eigenvalue weighted by Crippen LogP contribution is 2.30. The molecule has 0 aromatic heterocycles. The number of rotatable bonds is 7. The highest BCUT2D eigenvalue weighted by molar-refractivity contribution is 8.01. The molecule has 0 N–H and O–H groups in total. The van der Waals surface area contributed by atoms with Gasteiger partial charge in [-0.2, -0.15) is 0 Å². The van der Waals surface area contributed by atoms with Crippen LogP contribution in [0.3, 0.4) is 0 Å². The highest BCUT2D eigenvalue weighted by Gasteiger charge is 2.09. The van der Waals surface area contributed by atoms with Crippen molar-refractivity contribution in [3.05, 3.63) is 54.1 Å². The van der Waals surface area contributed by atoms with Crippen molar-refractivity contribution in [2.45, 2.75) is 41.7 Å². The molecule has 2 aromatic carbocycles. The van der Waals surface area contributed by atoms with Crippen molar-refractivity contribution in [3.8, 4) is 0 Å². The Labute approximate surface area is 149 Å². The zero-order valence-electron chi connectivity index (χ0n) is 12.9. The molecule has 2 rings (SSSR count). The normalized spacial score (nSPS) is 14.4. The lowest BCUT2D eigenvalue weighted by molar-refractivity contribution is 0.884. The Morgan fingerprint density at radius 2 is 1.64 bits per heavy atom. The predicted octanol–water partition coefficient (Wildman–Crippen LogP) is 6.07. The van der Waals surface area contributed by atoms with E-state index in [9.17, 15) is 0 Å². The summed E-state index contributed by atoms with van der Waals surface area (Å²) in [6.45, 7) is 4.22. The van der Waals surface area contributed by atoms with E-state index >= 15 is 0 Å². The van der Waals surface area contributed by atoms with Gasteiger partial charge in [0.2, 0.25) is 0 Å². The molecule has 0 heterocycles. The van der Waals surface area contributed by atoms with E-state index in [-0.39, 0.29) is 10.1 Å². The molecule has 3 unspecified atom stereocenters. The molecule has 0 nitrogen and oxygen atoms in total. The van der Waals surface area contributed by atoms with Gasteiger partial charge in [-0.25, -0.2) is 0 Å². The van der Waals surface area contributed by atoms with Crippen LogP contribution in [0.2, 0.25) is 0 Å². The number of halogens is 2. The Balaban J connectivity index is 2.13. The summed E-state index contributed by atoms with van der Waals surface area (Å²) in [5, 5.41) is 2.80. The van der Waals surface area contributed by atoms with Crippen LogP contribution in [0.25, 0.3) is 0 Å². The molecule has 3 atom stereocenters. The summed E-state index contributed by atoms with van der Waals surface area (Å²) < 4.78 is 0.134. The molecule has 0 aliphatic heterocycles. The van der Waals surface area contributed by atoms with Crippen LogP contribution in [-0.4, -0.2) is 4.71 Å². The van der Waals surface area contributed by atoms with Crippen LogP contribution >= 0.6 is 43.5 Å². The van der Waals surface area contributed by atoms with Crippen molar-refractivity contribution in [3.63, 3.8) is 0 Å². The van der Waals surface area contributed by atoms with E-state index in [1.54, 1.807) is 11.8 Å². The van der Waals surface area contributed by atoms with Gasteiger partial charge in [0.15, 0.2) is 0 Å². The summed E-state index contributed by atoms with van der Waals surface area (Å²) in [5.74, 6) is 0. The lowest BCUT2D eigenvalue weighted by Crippen LogP contribution is -2.07. The van der Waals surface area contributed by atoms with Gasteiger partial charge in [-0.15, -0.1) is 35.0 Å². The number of thioether (sulfide) groups is 1. The molecule has 0 spiro atoms. The van der Waals surface area contributed by atoms with E-state index in [0.717, 1.165) is 12.8 Å². The second kappa shape index (κ2) is 9.18. The molecule has 2 aromatic rings. The van der Waals surface area contributed by atoms with E-state index in [1.807, 2.05) is 0 Å². The minimum absolute atomic E-state index is 0.113. The number of hydrogen-bond donors (Lipinski definition) is 0. The molecule has 0 amide bonds. The molecule has 118 valence electrons. The minimum Gasteiger partial charge on any atom is -0.118 e. The van der Waals surface area contributed by atoms with Crippen LogP contribution in [0.15, 0.2) is 53.4 Å². The van der Waals surface area contributed by atoms with Crippen LogP contribution in [-0.2, 0) is 0 Å². The third-order valence-corrected chi connectivity index (χ3v) is 7.22. The third kappa shape index (κ3) is 5.17. The molecule has 0 aliphatic rings. The highest BCUT2D eigenvalue weighted by atomic mass is 35.5. The van der Waals surface area contributed by atoms with E-state index in [2.05, 4.69) is 62.4 Å². The predicted molar refractivity (Wildman–Crippen MR) is 105 cm³/mol. The lowest BCUT2D eigenvalue weighted by Gasteiger charge is -2.12. The van der Waals surface area contributed by atoms with Crippen LogP contribution in [0.4, 0.5) is 0 Å². The summed E-state index contributed by atoms with van der Waals surface area (Å²) in [7, 11) is 0.645. The third-order valence-electron chi connectivity index (χ3n) is 3.37. The zero-order chi connectivity index (χ0) is 15.9. The molecule has 0 bridgehead atoms. The van der Waals surface area contributed by atoms with Crippen LogP contribution in [0.1, 0.15) is 37.6 Å². The first-order chi connectivity index (χ1) is 10.6. The average Bonchev–Trinajstić information content (AvgIpc) is 2.56. The Morgan fingerprint density at radius 1 is 0.955 bits per heavy atom. The summed E-state index contributed by atoms with van der Waals surface area (Å²) in [4.78, 5) is 1.29. The van der Waals surface area contributed by atoms with Crippen LogP contribution in [0.5, 0.6) is 0 Å². The zero-order valence-corrected chi connectivity index (χ0v) is 16.2. The number of benzene rings is 2. The summed E-state index contributed by atoms with van der Waals surface area (Å²) in [6, 6.07) is 17.2. The Bertz CT molecular complexity index is 586. The molecule has 0 aliphatic carbocycles. The van der Waals surface area contributed by atoms with Crippen molar-refractivity contribution in [2.24, 2.45) is 0 Å². The Hall–Kier alpha value is -0.200. The molecule has 0 saturated carbocycles. The largest absolute Gasteiger partial charge is 0.118 e. The smallest absolute Gasteiger partial charge is 0.0833 e. The van der Waals surface area contributed by atoms with Crippen molar-refractivity contribution < 1.29 is 0 Å². The average molecular weight is 371 g/mol. The topological polar surface area (TPSA) is 0 Å². The SMILES string of the molecule is CCC(Cl)Sc1ccccc1Pc1ccc(C(Cl)CC)cc1. The first-order valence-corrected chi connectivity index (χ1v) is 10.3. The quantitative estimate of drug-likeness (QED) is 0.323. The Morgan fingerprint density at radius 3 is 2.27 bits per heavy atom. The van der Waals surface area contributed by atoms with Gasteiger partial charge in [-0.3, -0.25) is 0 Å². The fourth-order valence-electron chi connectivity index (χ4n) is 2.06. The molecule has 22 heavy (non-hydrogen) atoms. The molecule has 0 fully saturated rings. The van der Waals surface area contributed by atoms with Crippen LogP contribution in [0, 0.1) is 0 Å². The number of alkyl halides is 2. The van der Waals surface area contributed by atoms with Gasteiger partial charge in [0.25, 0.3) is 0 Å². The maximum absolute atomic E-state index is 6.30. The van der Waals surface area contributed by atoms with Gasteiger partial charge in [0, 0.05) is 4.90 Å². The molecule has 0 saturated heterocycles. The maximum atomic E-state index is 6.30. The van der Waals surface area contributed by atoms with E-state index < -0.39 is 0 Å². The standard InChI is InChI=1S/C18H21Cl2PS/c1-3-15(19)13-9-11-14(12-10-13)21-16-7-5-6-8-17(16)22-18(20)4-2/h5-12,15,18,21H,3-4H2,1-2H3. The van der Waals surface area contributed by atoms with E-state index in [4.69, 9.17) is 23.2 Å². The van der Waals surface area contributed by atoms with E-state index in [0.29, 0.717) is 8.58 Å². The fourth-order valence-corrected chi connectivity index (χ4v) is 4.65. The second-order valence-corrected chi connectivity index (χ2v) is 8.98. The van der Waals surface area contributed by atoms with Gasteiger partial charge in [-0.05, 0) is 35.1 Å². The molecular weight excluding hydrogens is 350 g/mol. The Kier molecular flexibility index (Phi) is 7.57. The first-order valence-electron chi connectivity index (χ1n) is 7.54. The van der Waals surface area contributed by atoms with Gasteiger partial charge >= 0.3 is 0 Å². The van der Waals surface area contributed by atoms with Gasteiger partial charge < -0.3 is 0 Å². The van der Waals surface area contributed by atoms with Crippen molar-refractivity contribution in [2.75, 3.05) is 0 Å². The van der Waals surface area contributed by atoms with Crippen molar-refractivity contribution in [1.82, 2.24) is 0 Å². The maximum Gasteiger partial charge on any atom is 0.0833 e. The van der Waals surface area contributed by atoms with Gasteiger partial charge in [0.1, 0.15) is 0 Å². The fraction of sp³-hybridized carbons (Fsp3) is 0.333. The molecular formula is C18H21Cl2PS. The monoisotopic (exact) mass is 370 g/mol. The van der Waals surface area contributed by atoms with Crippen LogP contribution < -0.4 is 10.6 Å². The lowest BCUT2D eigenvalue weighted by atomic mass is 10.1. The minimum atomic E-state index is 0.113. The van der Waals surface area contributed by atoms with E-state index in [1.165, 1.54) is 21.1 Å². The first kappa shape index (κ1) is 18.1.